The SMILES string of the molecule is CCNCc1ccc(N(C)C(C)CC)c(Cl)c1. The van der Waals surface area contributed by atoms with E-state index in [1.54, 1.807) is 0 Å². The van der Waals surface area contributed by atoms with Gasteiger partial charge in [0, 0.05) is 19.6 Å². The predicted octanol–water partition coefficient (Wildman–Crippen LogP) is 3.68. The number of nitrogens with one attached hydrogen (secondary N) is 1. The van der Waals surface area contributed by atoms with Gasteiger partial charge in [0.1, 0.15) is 0 Å². The maximum absolute atomic E-state index is 6.33. The van der Waals surface area contributed by atoms with E-state index < -0.39 is 0 Å². The van der Waals surface area contributed by atoms with Crippen LogP contribution in [0.15, 0.2) is 18.2 Å². The minimum Gasteiger partial charge on any atom is -0.371 e. The zero-order valence-corrected chi connectivity index (χ0v) is 12.0. The van der Waals surface area contributed by atoms with Crippen LogP contribution in [0.5, 0.6) is 0 Å². The van der Waals surface area contributed by atoms with Gasteiger partial charge in [0.2, 0.25) is 0 Å². The van der Waals surface area contributed by atoms with Crippen LogP contribution < -0.4 is 10.2 Å². The Balaban J connectivity index is 2.82. The van der Waals surface area contributed by atoms with Crippen LogP contribution >= 0.6 is 11.6 Å². The molecule has 1 aromatic carbocycles. The summed E-state index contributed by atoms with van der Waals surface area (Å²) >= 11 is 6.33. The molecule has 0 spiro atoms. The van der Waals surface area contributed by atoms with Crippen LogP contribution in [0.1, 0.15) is 32.8 Å². The van der Waals surface area contributed by atoms with Crippen LogP contribution in [-0.4, -0.2) is 19.6 Å². The van der Waals surface area contributed by atoms with Gasteiger partial charge in [-0.15, -0.1) is 0 Å². The molecule has 2 nitrogen and oxygen atoms in total. The molecule has 1 unspecified atom stereocenters. The summed E-state index contributed by atoms with van der Waals surface area (Å²) in [6.45, 7) is 8.36. The topological polar surface area (TPSA) is 15.3 Å². The minimum absolute atomic E-state index is 0.507. The van der Waals surface area contributed by atoms with Crippen molar-refractivity contribution in [1.82, 2.24) is 5.32 Å². The molecule has 1 atom stereocenters. The zero-order valence-electron chi connectivity index (χ0n) is 11.3. The lowest BCUT2D eigenvalue weighted by molar-refractivity contribution is 0.663. The van der Waals surface area contributed by atoms with Gasteiger partial charge in [-0.05, 0) is 37.6 Å². The van der Waals surface area contributed by atoms with Gasteiger partial charge in [-0.3, -0.25) is 0 Å². The fraction of sp³-hybridized carbons (Fsp3) is 0.571. The van der Waals surface area contributed by atoms with E-state index in [2.05, 4.69) is 56.2 Å². The van der Waals surface area contributed by atoms with Gasteiger partial charge in [-0.1, -0.05) is 31.5 Å². The van der Waals surface area contributed by atoms with Crippen molar-refractivity contribution in [3.8, 4) is 0 Å². The molecule has 0 aliphatic rings. The highest BCUT2D eigenvalue weighted by atomic mass is 35.5. The van der Waals surface area contributed by atoms with E-state index in [-0.39, 0.29) is 0 Å². The lowest BCUT2D eigenvalue weighted by Crippen LogP contribution is -2.28. The summed E-state index contributed by atoms with van der Waals surface area (Å²) in [4.78, 5) is 2.24. The van der Waals surface area contributed by atoms with Crippen LogP contribution in [0.4, 0.5) is 5.69 Å². The van der Waals surface area contributed by atoms with Gasteiger partial charge in [0.15, 0.2) is 0 Å². The molecule has 0 amide bonds. The quantitative estimate of drug-likeness (QED) is 0.833. The highest BCUT2D eigenvalue weighted by molar-refractivity contribution is 6.33. The van der Waals surface area contributed by atoms with Crippen molar-refractivity contribution in [2.75, 3.05) is 18.5 Å². The highest BCUT2D eigenvalue weighted by Crippen LogP contribution is 2.27. The average molecular weight is 255 g/mol. The first-order chi connectivity index (χ1) is 8.10. The molecule has 0 aliphatic heterocycles. The Kier molecular flexibility index (Phi) is 5.79. The van der Waals surface area contributed by atoms with Crippen molar-refractivity contribution in [2.45, 2.75) is 39.8 Å². The monoisotopic (exact) mass is 254 g/mol. The second-order valence-electron chi connectivity index (χ2n) is 4.43. The molecule has 0 aliphatic carbocycles. The molecule has 0 saturated heterocycles. The Bertz CT molecular complexity index is 352. The first-order valence-corrected chi connectivity index (χ1v) is 6.69. The van der Waals surface area contributed by atoms with Gasteiger partial charge in [-0.2, -0.15) is 0 Å². The van der Waals surface area contributed by atoms with Crippen LogP contribution in [0.25, 0.3) is 0 Å². The summed E-state index contributed by atoms with van der Waals surface area (Å²) in [5.41, 5.74) is 2.35. The molecule has 1 rings (SSSR count). The second-order valence-corrected chi connectivity index (χ2v) is 4.84. The molecule has 0 radical (unpaired) electrons. The molecule has 17 heavy (non-hydrogen) atoms. The number of benzene rings is 1. The van der Waals surface area contributed by atoms with E-state index in [1.807, 2.05) is 0 Å². The van der Waals surface area contributed by atoms with Gasteiger partial charge in [0.25, 0.3) is 0 Å². The number of hydrogen-bond donors (Lipinski definition) is 1. The zero-order chi connectivity index (χ0) is 12.8. The van der Waals surface area contributed by atoms with Crippen LogP contribution in [0, 0.1) is 0 Å². The predicted molar refractivity (Wildman–Crippen MR) is 77.0 cm³/mol. The number of rotatable bonds is 6. The lowest BCUT2D eigenvalue weighted by atomic mass is 10.1. The third-order valence-electron chi connectivity index (χ3n) is 3.22. The Hall–Kier alpha value is -0.730. The smallest absolute Gasteiger partial charge is 0.0642 e. The summed E-state index contributed by atoms with van der Waals surface area (Å²) in [6.07, 6.45) is 1.12. The van der Waals surface area contributed by atoms with Gasteiger partial charge < -0.3 is 10.2 Å². The van der Waals surface area contributed by atoms with E-state index in [0.29, 0.717) is 6.04 Å². The fourth-order valence-electron chi connectivity index (χ4n) is 1.73. The van der Waals surface area contributed by atoms with E-state index >= 15 is 0 Å². The maximum Gasteiger partial charge on any atom is 0.0642 e. The van der Waals surface area contributed by atoms with Crippen LogP contribution in [0.2, 0.25) is 5.02 Å². The van der Waals surface area contributed by atoms with Crippen molar-refractivity contribution in [3.05, 3.63) is 28.8 Å². The number of hydrogen-bond acceptors (Lipinski definition) is 2. The number of nitrogens with zero attached hydrogens (tertiary/aromatic N) is 1. The van der Waals surface area contributed by atoms with Crippen molar-refractivity contribution in [1.29, 1.82) is 0 Å². The maximum atomic E-state index is 6.33. The Labute approximate surface area is 110 Å². The lowest BCUT2D eigenvalue weighted by Gasteiger charge is -2.27. The largest absolute Gasteiger partial charge is 0.371 e. The normalized spacial score (nSPS) is 12.5. The number of anilines is 1. The minimum atomic E-state index is 0.507. The Morgan fingerprint density at radius 3 is 2.59 bits per heavy atom. The van der Waals surface area contributed by atoms with Crippen molar-refractivity contribution in [3.63, 3.8) is 0 Å². The highest BCUT2D eigenvalue weighted by Gasteiger charge is 2.11. The Morgan fingerprint density at radius 2 is 2.06 bits per heavy atom. The summed E-state index contributed by atoms with van der Waals surface area (Å²) in [7, 11) is 2.10. The first kappa shape index (κ1) is 14.3. The molecular formula is C14H23ClN2. The molecule has 1 aromatic rings. The molecule has 0 saturated carbocycles. The standard InChI is InChI=1S/C14H23ClN2/c1-5-11(3)17(4)14-8-7-12(9-13(14)15)10-16-6-2/h7-9,11,16H,5-6,10H2,1-4H3. The van der Waals surface area contributed by atoms with Gasteiger partial charge >= 0.3 is 0 Å². The molecule has 0 fully saturated rings. The third kappa shape index (κ3) is 3.90. The average Bonchev–Trinajstić information content (AvgIpc) is 2.34. The van der Waals surface area contributed by atoms with E-state index in [9.17, 15) is 0 Å². The first-order valence-electron chi connectivity index (χ1n) is 6.32. The fourth-order valence-corrected chi connectivity index (χ4v) is 2.06. The van der Waals surface area contributed by atoms with Gasteiger partial charge in [-0.25, -0.2) is 0 Å². The van der Waals surface area contributed by atoms with Crippen LogP contribution in [0.3, 0.4) is 0 Å². The second kappa shape index (κ2) is 6.87. The Morgan fingerprint density at radius 1 is 1.35 bits per heavy atom. The molecule has 0 aromatic heterocycles. The van der Waals surface area contributed by atoms with Crippen LogP contribution in [-0.2, 0) is 6.54 Å². The third-order valence-corrected chi connectivity index (χ3v) is 3.53. The summed E-state index contributed by atoms with van der Waals surface area (Å²) in [5.74, 6) is 0. The molecule has 3 heteroatoms. The van der Waals surface area contributed by atoms with Gasteiger partial charge in [0.05, 0.1) is 10.7 Å². The van der Waals surface area contributed by atoms with Crippen molar-refractivity contribution < 1.29 is 0 Å². The number of halogens is 1. The summed E-state index contributed by atoms with van der Waals surface area (Å²) < 4.78 is 0. The molecule has 1 N–H and O–H groups in total. The molecular weight excluding hydrogens is 232 g/mol. The van der Waals surface area contributed by atoms with Crippen molar-refractivity contribution >= 4 is 17.3 Å². The summed E-state index contributed by atoms with van der Waals surface area (Å²) in [6, 6.07) is 6.81. The van der Waals surface area contributed by atoms with E-state index in [4.69, 9.17) is 11.6 Å². The summed E-state index contributed by atoms with van der Waals surface area (Å²) in [5, 5.41) is 4.14. The molecule has 96 valence electrons. The molecule has 0 heterocycles. The van der Waals surface area contributed by atoms with E-state index in [0.717, 1.165) is 30.2 Å². The van der Waals surface area contributed by atoms with E-state index in [1.165, 1.54) is 5.56 Å². The molecule has 0 bridgehead atoms. The van der Waals surface area contributed by atoms with Crippen molar-refractivity contribution in [2.24, 2.45) is 0 Å².